The van der Waals surface area contributed by atoms with Crippen molar-refractivity contribution >= 4 is 11.6 Å². The quantitative estimate of drug-likeness (QED) is 0.700. The smallest absolute Gasteiger partial charge is 0.273 e. The minimum Gasteiger partial charge on any atom is -0.447 e. The van der Waals surface area contributed by atoms with Crippen LogP contribution in [0.4, 0.5) is 5.69 Å². The molecule has 150 valence electrons. The lowest BCUT2D eigenvalue weighted by atomic mass is 10.2. The van der Waals surface area contributed by atoms with Gasteiger partial charge in [0.05, 0.1) is 6.54 Å². The highest BCUT2D eigenvalue weighted by molar-refractivity contribution is 5.91. The van der Waals surface area contributed by atoms with Crippen molar-refractivity contribution in [3.05, 3.63) is 83.6 Å². The molecule has 0 atom stereocenters. The number of oxazole rings is 1. The Balaban J connectivity index is 1.26. The van der Waals surface area contributed by atoms with Gasteiger partial charge in [0.15, 0.2) is 5.69 Å². The second-order valence-corrected chi connectivity index (χ2v) is 7.39. The minimum atomic E-state index is -0.215. The Morgan fingerprint density at radius 1 is 1.03 bits per heavy atom. The molecule has 1 fully saturated rings. The molecule has 0 unspecified atom stereocenters. The van der Waals surface area contributed by atoms with E-state index < -0.39 is 0 Å². The van der Waals surface area contributed by atoms with E-state index in [0.29, 0.717) is 24.7 Å². The largest absolute Gasteiger partial charge is 0.447 e. The topological polar surface area (TPSA) is 61.6 Å². The molecular formula is C23H26N4O2. The summed E-state index contributed by atoms with van der Waals surface area (Å²) < 4.78 is 5.54. The maximum atomic E-state index is 12.3. The minimum absolute atomic E-state index is 0.215. The van der Waals surface area contributed by atoms with E-state index in [2.05, 4.69) is 51.3 Å². The van der Waals surface area contributed by atoms with Crippen LogP contribution in [0, 0.1) is 6.92 Å². The normalized spacial score (nSPS) is 14.7. The van der Waals surface area contributed by atoms with Crippen LogP contribution in [0.3, 0.4) is 0 Å². The van der Waals surface area contributed by atoms with Crippen molar-refractivity contribution in [2.75, 3.05) is 31.1 Å². The summed E-state index contributed by atoms with van der Waals surface area (Å²) in [5.41, 5.74) is 3.92. The fourth-order valence-corrected chi connectivity index (χ4v) is 3.47. The molecule has 2 heterocycles. The predicted octanol–water partition coefficient (Wildman–Crippen LogP) is 3.24. The Morgan fingerprint density at radius 3 is 2.48 bits per heavy atom. The van der Waals surface area contributed by atoms with Crippen molar-refractivity contribution in [3.8, 4) is 0 Å². The van der Waals surface area contributed by atoms with Crippen LogP contribution >= 0.6 is 0 Å². The van der Waals surface area contributed by atoms with Crippen LogP contribution < -0.4 is 10.2 Å². The molecule has 0 bridgehead atoms. The standard InChI is InChI=1S/C23H26N4O2/c1-18-7-9-20(10-8-18)27-13-11-26(12-14-27)16-22-25-21(17-29-22)23(28)24-15-19-5-3-2-4-6-19/h2-10,17H,11-16H2,1H3,(H,24,28). The summed E-state index contributed by atoms with van der Waals surface area (Å²) in [4.78, 5) is 21.4. The lowest BCUT2D eigenvalue weighted by molar-refractivity contribution is 0.0946. The van der Waals surface area contributed by atoms with Crippen LogP contribution in [0.15, 0.2) is 65.3 Å². The number of nitrogens with one attached hydrogen (secondary N) is 1. The number of anilines is 1. The van der Waals surface area contributed by atoms with Gasteiger partial charge in [0.1, 0.15) is 6.26 Å². The second kappa shape index (κ2) is 8.92. The van der Waals surface area contributed by atoms with Gasteiger partial charge >= 0.3 is 0 Å². The van der Waals surface area contributed by atoms with E-state index in [1.54, 1.807) is 0 Å². The highest BCUT2D eigenvalue weighted by Crippen LogP contribution is 2.18. The summed E-state index contributed by atoms with van der Waals surface area (Å²) in [6.07, 6.45) is 1.44. The number of aryl methyl sites for hydroxylation is 1. The lowest BCUT2D eigenvalue weighted by Gasteiger charge is -2.35. The number of rotatable bonds is 6. The molecule has 1 aliphatic heterocycles. The summed E-state index contributed by atoms with van der Waals surface area (Å²) in [5.74, 6) is 0.367. The SMILES string of the molecule is Cc1ccc(N2CCN(Cc3nc(C(=O)NCc4ccccc4)co3)CC2)cc1. The molecule has 3 aromatic rings. The highest BCUT2D eigenvalue weighted by atomic mass is 16.3. The van der Waals surface area contributed by atoms with Gasteiger partial charge in [0.2, 0.25) is 5.89 Å². The average molecular weight is 390 g/mol. The van der Waals surface area contributed by atoms with Gasteiger partial charge in [0, 0.05) is 38.4 Å². The van der Waals surface area contributed by atoms with Gasteiger partial charge in [-0.1, -0.05) is 48.0 Å². The molecule has 0 saturated carbocycles. The Morgan fingerprint density at radius 2 is 1.76 bits per heavy atom. The first-order chi connectivity index (χ1) is 14.2. The summed E-state index contributed by atoms with van der Waals surface area (Å²) in [7, 11) is 0. The number of benzene rings is 2. The first-order valence-corrected chi connectivity index (χ1v) is 9.98. The molecule has 0 radical (unpaired) electrons. The van der Waals surface area contributed by atoms with Gasteiger partial charge in [0.25, 0.3) is 5.91 Å². The second-order valence-electron chi connectivity index (χ2n) is 7.39. The third kappa shape index (κ3) is 5.03. The molecule has 1 N–H and O–H groups in total. The molecule has 1 aliphatic rings. The van der Waals surface area contributed by atoms with Crippen LogP contribution in [-0.4, -0.2) is 42.0 Å². The van der Waals surface area contributed by atoms with Crippen LogP contribution in [0.25, 0.3) is 0 Å². The van der Waals surface area contributed by atoms with E-state index in [-0.39, 0.29) is 5.91 Å². The molecule has 1 amide bonds. The van der Waals surface area contributed by atoms with Crippen LogP contribution in [0.2, 0.25) is 0 Å². The number of carbonyl (C=O) groups excluding carboxylic acids is 1. The fourth-order valence-electron chi connectivity index (χ4n) is 3.47. The van der Waals surface area contributed by atoms with Crippen molar-refractivity contribution < 1.29 is 9.21 Å². The Bertz CT molecular complexity index is 929. The molecule has 0 aliphatic carbocycles. The van der Waals surface area contributed by atoms with E-state index >= 15 is 0 Å². The maximum Gasteiger partial charge on any atom is 0.273 e. The molecule has 1 aromatic heterocycles. The van der Waals surface area contributed by atoms with Crippen LogP contribution in [0.5, 0.6) is 0 Å². The molecule has 1 saturated heterocycles. The predicted molar refractivity (Wildman–Crippen MR) is 113 cm³/mol. The van der Waals surface area contributed by atoms with E-state index in [0.717, 1.165) is 31.7 Å². The van der Waals surface area contributed by atoms with Crippen molar-refractivity contribution in [3.63, 3.8) is 0 Å². The van der Waals surface area contributed by atoms with Crippen molar-refractivity contribution in [1.29, 1.82) is 0 Å². The third-order valence-corrected chi connectivity index (χ3v) is 5.21. The Labute approximate surface area is 171 Å². The van der Waals surface area contributed by atoms with E-state index in [1.807, 2.05) is 30.3 Å². The average Bonchev–Trinajstić information content (AvgIpc) is 3.23. The summed E-state index contributed by atoms with van der Waals surface area (Å²) in [5, 5.41) is 2.88. The lowest BCUT2D eigenvalue weighted by Crippen LogP contribution is -2.46. The summed E-state index contributed by atoms with van der Waals surface area (Å²) >= 11 is 0. The molecule has 0 spiro atoms. The first kappa shape index (κ1) is 19.2. The van der Waals surface area contributed by atoms with Crippen LogP contribution in [-0.2, 0) is 13.1 Å². The van der Waals surface area contributed by atoms with Crippen molar-refractivity contribution in [2.24, 2.45) is 0 Å². The zero-order valence-corrected chi connectivity index (χ0v) is 16.7. The Kier molecular flexibility index (Phi) is 5.91. The van der Waals surface area contributed by atoms with Crippen molar-refractivity contribution in [1.82, 2.24) is 15.2 Å². The number of nitrogens with zero attached hydrogens (tertiary/aromatic N) is 3. The molecular weight excluding hydrogens is 364 g/mol. The van der Waals surface area contributed by atoms with E-state index in [1.165, 1.54) is 17.5 Å². The van der Waals surface area contributed by atoms with Gasteiger partial charge in [-0.05, 0) is 24.6 Å². The Hall–Kier alpha value is -3.12. The van der Waals surface area contributed by atoms with Gasteiger partial charge < -0.3 is 14.6 Å². The first-order valence-electron chi connectivity index (χ1n) is 9.98. The van der Waals surface area contributed by atoms with E-state index in [4.69, 9.17) is 4.42 Å². The number of aromatic nitrogens is 1. The molecule has 6 nitrogen and oxygen atoms in total. The number of hydrogen-bond acceptors (Lipinski definition) is 5. The van der Waals surface area contributed by atoms with Crippen LogP contribution in [0.1, 0.15) is 27.5 Å². The number of amides is 1. The fraction of sp³-hybridized carbons (Fsp3) is 0.304. The zero-order valence-electron chi connectivity index (χ0n) is 16.7. The number of hydrogen-bond donors (Lipinski definition) is 1. The van der Waals surface area contributed by atoms with Crippen molar-refractivity contribution in [2.45, 2.75) is 20.0 Å². The number of piperazine rings is 1. The summed E-state index contributed by atoms with van der Waals surface area (Å²) in [6, 6.07) is 18.5. The highest BCUT2D eigenvalue weighted by Gasteiger charge is 2.20. The van der Waals surface area contributed by atoms with Gasteiger partial charge in [-0.2, -0.15) is 0 Å². The van der Waals surface area contributed by atoms with E-state index in [9.17, 15) is 4.79 Å². The third-order valence-electron chi connectivity index (χ3n) is 5.21. The van der Waals surface area contributed by atoms with Gasteiger partial charge in [-0.25, -0.2) is 4.98 Å². The molecule has 6 heteroatoms. The number of carbonyl (C=O) groups is 1. The monoisotopic (exact) mass is 390 g/mol. The zero-order chi connectivity index (χ0) is 20.1. The van der Waals surface area contributed by atoms with Gasteiger partial charge in [-0.15, -0.1) is 0 Å². The molecule has 29 heavy (non-hydrogen) atoms. The maximum absolute atomic E-state index is 12.3. The van der Waals surface area contributed by atoms with Gasteiger partial charge in [-0.3, -0.25) is 9.69 Å². The molecule has 2 aromatic carbocycles. The summed E-state index contributed by atoms with van der Waals surface area (Å²) in [6.45, 7) is 7.00. The molecule has 4 rings (SSSR count).